The van der Waals surface area contributed by atoms with Crippen LogP contribution in [0.2, 0.25) is 0 Å². The van der Waals surface area contributed by atoms with E-state index in [-0.39, 0.29) is 18.2 Å². The number of rotatable bonds is 12. The van der Waals surface area contributed by atoms with Crippen LogP contribution >= 0.6 is 0 Å². The molecule has 0 fully saturated rings. The van der Waals surface area contributed by atoms with Crippen molar-refractivity contribution in [1.82, 2.24) is 10.2 Å². The molecule has 0 spiro atoms. The lowest BCUT2D eigenvalue weighted by Gasteiger charge is -2.34. The Kier molecular flexibility index (Phi) is 10.1. The molecule has 3 rings (SSSR count). The number of amides is 2. The Labute approximate surface area is 220 Å². The molecule has 0 aromatic heterocycles. The summed E-state index contributed by atoms with van der Waals surface area (Å²) in [6.07, 6.45) is 1.23. The molecule has 196 valence electrons. The molecule has 3 aromatic rings. The zero-order chi connectivity index (χ0) is 26.7. The maximum Gasteiger partial charge on any atom is 0.243 e. The van der Waals surface area contributed by atoms with E-state index in [2.05, 4.69) is 5.32 Å². The van der Waals surface area contributed by atoms with Crippen LogP contribution < -0.4 is 14.8 Å². The quantitative estimate of drug-likeness (QED) is 0.336. The lowest BCUT2D eigenvalue weighted by atomic mass is 10.00. The molecule has 0 saturated heterocycles. The predicted molar refractivity (Wildman–Crippen MR) is 147 cm³/mol. The van der Waals surface area contributed by atoms with Gasteiger partial charge in [0, 0.05) is 24.9 Å². The fraction of sp³-hybridized carbons (Fsp3) is 0.355. The molecule has 3 aromatic carbocycles. The molecule has 0 bridgehead atoms. The normalized spacial score (nSPS) is 11.9. The van der Waals surface area contributed by atoms with Gasteiger partial charge in [-0.05, 0) is 62.6 Å². The summed E-state index contributed by atoms with van der Waals surface area (Å²) >= 11 is 0. The molecule has 1 atom stereocenters. The first-order valence-electron chi connectivity index (χ1n) is 12.7. The smallest absolute Gasteiger partial charge is 0.243 e. The molecule has 0 saturated carbocycles. The van der Waals surface area contributed by atoms with E-state index in [1.165, 1.54) is 0 Å². The van der Waals surface area contributed by atoms with E-state index in [0.29, 0.717) is 31.7 Å². The number of hydrogen-bond donors (Lipinski definition) is 1. The van der Waals surface area contributed by atoms with E-state index in [0.717, 1.165) is 16.9 Å². The third kappa shape index (κ3) is 9.30. The minimum Gasteiger partial charge on any atom is -0.497 e. The summed E-state index contributed by atoms with van der Waals surface area (Å²) in [6.45, 7) is 6.55. The Hall–Kier alpha value is -3.80. The number of hydrogen-bond acceptors (Lipinski definition) is 4. The second-order valence-electron chi connectivity index (χ2n) is 10.1. The Balaban J connectivity index is 1.84. The first-order chi connectivity index (χ1) is 17.7. The van der Waals surface area contributed by atoms with Gasteiger partial charge in [-0.25, -0.2) is 0 Å². The van der Waals surface area contributed by atoms with Crippen LogP contribution in [0.15, 0.2) is 84.9 Å². The number of carbonyl (C=O) groups excluding carboxylic acids is 2. The van der Waals surface area contributed by atoms with Gasteiger partial charge in [0.1, 0.15) is 17.5 Å². The van der Waals surface area contributed by atoms with Crippen molar-refractivity contribution in [1.29, 1.82) is 0 Å². The molecule has 0 aliphatic rings. The summed E-state index contributed by atoms with van der Waals surface area (Å²) in [5.74, 6) is 1.22. The average molecular weight is 503 g/mol. The minimum atomic E-state index is -0.671. The summed E-state index contributed by atoms with van der Waals surface area (Å²) in [5.41, 5.74) is 1.46. The zero-order valence-corrected chi connectivity index (χ0v) is 22.3. The van der Waals surface area contributed by atoms with Crippen LogP contribution in [0.3, 0.4) is 0 Å². The van der Waals surface area contributed by atoms with Gasteiger partial charge in [-0.15, -0.1) is 0 Å². The van der Waals surface area contributed by atoms with E-state index in [1.807, 2.05) is 106 Å². The minimum absolute atomic E-state index is 0.0931. The van der Waals surface area contributed by atoms with Crippen molar-refractivity contribution in [3.8, 4) is 11.5 Å². The van der Waals surface area contributed by atoms with Gasteiger partial charge >= 0.3 is 0 Å². The molecule has 6 nitrogen and oxygen atoms in total. The van der Waals surface area contributed by atoms with Crippen LogP contribution in [0.5, 0.6) is 11.5 Å². The van der Waals surface area contributed by atoms with Crippen molar-refractivity contribution in [2.75, 3.05) is 13.7 Å². The van der Waals surface area contributed by atoms with Crippen LogP contribution in [0.1, 0.15) is 44.7 Å². The van der Waals surface area contributed by atoms with Gasteiger partial charge in [-0.2, -0.15) is 0 Å². The summed E-state index contributed by atoms with van der Waals surface area (Å²) < 4.78 is 11.2. The van der Waals surface area contributed by atoms with Crippen molar-refractivity contribution in [3.63, 3.8) is 0 Å². The Morgan fingerprint density at radius 3 is 2.14 bits per heavy atom. The molecule has 0 aliphatic carbocycles. The van der Waals surface area contributed by atoms with Gasteiger partial charge in [0.05, 0.1) is 13.7 Å². The van der Waals surface area contributed by atoms with E-state index >= 15 is 0 Å². The molecular formula is C31H38N2O4. The van der Waals surface area contributed by atoms with Crippen molar-refractivity contribution >= 4 is 11.8 Å². The summed E-state index contributed by atoms with van der Waals surface area (Å²) in [6, 6.07) is 26.3. The lowest BCUT2D eigenvalue weighted by molar-refractivity contribution is -0.142. The molecule has 1 N–H and O–H groups in total. The molecule has 2 amide bonds. The largest absolute Gasteiger partial charge is 0.497 e. The molecular weight excluding hydrogens is 464 g/mol. The summed E-state index contributed by atoms with van der Waals surface area (Å²) in [5, 5.41) is 3.09. The van der Waals surface area contributed by atoms with Gasteiger partial charge in [0.2, 0.25) is 11.8 Å². The summed E-state index contributed by atoms with van der Waals surface area (Å²) in [7, 11) is 1.61. The van der Waals surface area contributed by atoms with E-state index in [4.69, 9.17) is 9.47 Å². The Morgan fingerprint density at radius 2 is 1.49 bits per heavy atom. The maximum absolute atomic E-state index is 13.7. The van der Waals surface area contributed by atoms with Crippen molar-refractivity contribution in [2.24, 2.45) is 0 Å². The van der Waals surface area contributed by atoms with Gasteiger partial charge in [0.25, 0.3) is 0 Å². The lowest BCUT2D eigenvalue weighted by Crippen LogP contribution is -2.54. The highest BCUT2D eigenvalue weighted by Crippen LogP contribution is 2.20. The van der Waals surface area contributed by atoms with Crippen molar-refractivity contribution in [2.45, 2.75) is 58.2 Å². The standard InChI is InChI=1S/C31H38N2O4/c1-31(2,3)32-30(35)28(22-24-13-7-5-8-14-24)33(23-25-15-11-18-27(21-25)36-4)29(34)19-12-20-37-26-16-9-6-10-17-26/h5-11,13-18,21,28H,12,19-20,22-23H2,1-4H3,(H,32,35). The van der Waals surface area contributed by atoms with E-state index in [1.54, 1.807) is 12.0 Å². The Bertz CT molecular complexity index is 1130. The fourth-order valence-corrected chi connectivity index (χ4v) is 4.05. The van der Waals surface area contributed by atoms with Gasteiger partial charge in [0.15, 0.2) is 0 Å². The fourth-order valence-electron chi connectivity index (χ4n) is 4.05. The first-order valence-corrected chi connectivity index (χ1v) is 12.7. The third-order valence-corrected chi connectivity index (χ3v) is 5.80. The van der Waals surface area contributed by atoms with Crippen LogP contribution in [-0.2, 0) is 22.6 Å². The monoisotopic (exact) mass is 502 g/mol. The van der Waals surface area contributed by atoms with Gasteiger partial charge in [-0.3, -0.25) is 9.59 Å². The SMILES string of the molecule is COc1cccc(CN(C(=O)CCCOc2ccccc2)C(Cc2ccccc2)C(=O)NC(C)(C)C)c1. The van der Waals surface area contributed by atoms with Crippen molar-refractivity contribution < 1.29 is 19.1 Å². The highest BCUT2D eigenvalue weighted by atomic mass is 16.5. The number of ether oxygens (including phenoxy) is 2. The van der Waals surface area contributed by atoms with Gasteiger partial charge < -0.3 is 19.7 Å². The highest BCUT2D eigenvalue weighted by Gasteiger charge is 2.32. The number of nitrogens with zero attached hydrogens (tertiary/aromatic N) is 1. The van der Waals surface area contributed by atoms with Crippen LogP contribution in [-0.4, -0.2) is 42.0 Å². The molecule has 37 heavy (non-hydrogen) atoms. The van der Waals surface area contributed by atoms with Crippen LogP contribution in [0.25, 0.3) is 0 Å². The van der Waals surface area contributed by atoms with Crippen LogP contribution in [0.4, 0.5) is 0 Å². The van der Waals surface area contributed by atoms with Crippen molar-refractivity contribution in [3.05, 3.63) is 96.1 Å². The van der Waals surface area contributed by atoms with Gasteiger partial charge in [-0.1, -0.05) is 60.7 Å². The number of methoxy groups -OCH3 is 1. The predicted octanol–water partition coefficient (Wildman–Crippen LogP) is 5.41. The molecule has 0 heterocycles. The van der Waals surface area contributed by atoms with Crippen LogP contribution in [0, 0.1) is 0 Å². The number of nitrogens with one attached hydrogen (secondary N) is 1. The first kappa shape index (κ1) is 27.8. The molecule has 6 heteroatoms. The molecule has 0 aliphatic heterocycles. The maximum atomic E-state index is 13.7. The number of para-hydroxylation sites is 1. The number of carbonyl (C=O) groups is 2. The third-order valence-electron chi connectivity index (χ3n) is 5.80. The highest BCUT2D eigenvalue weighted by molar-refractivity contribution is 5.88. The molecule has 1 unspecified atom stereocenters. The topological polar surface area (TPSA) is 67.9 Å². The summed E-state index contributed by atoms with van der Waals surface area (Å²) in [4.78, 5) is 29.0. The van der Waals surface area contributed by atoms with E-state index in [9.17, 15) is 9.59 Å². The molecule has 0 radical (unpaired) electrons. The zero-order valence-electron chi connectivity index (χ0n) is 22.3. The second kappa shape index (κ2) is 13.5. The second-order valence-corrected chi connectivity index (χ2v) is 10.1. The van der Waals surface area contributed by atoms with E-state index < -0.39 is 11.6 Å². The Morgan fingerprint density at radius 1 is 0.865 bits per heavy atom. The average Bonchev–Trinajstić information content (AvgIpc) is 2.89. The number of benzene rings is 3.